The average Bonchev–Trinajstić information content (AvgIpc) is 3.59. The van der Waals surface area contributed by atoms with Gasteiger partial charge in [0.1, 0.15) is 5.75 Å². The minimum Gasteiger partial charge on any atom is -0.508 e. The summed E-state index contributed by atoms with van der Waals surface area (Å²) in [6, 6.07) is 16.9. The first-order chi connectivity index (χ1) is 16.8. The molecule has 35 heavy (non-hydrogen) atoms. The Hall–Kier alpha value is -1.88. The Labute approximate surface area is 209 Å². The molecule has 1 unspecified atom stereocenters. The molecule has 4 fully saturated rings. The highest BCUT2D eigenvalue weighted by Crippen LogP contribution is 2.68. The summed E-state index contributed by atoms with van der Waals surface area (Å²) < 4.78 is 7.45. The van der Waals surface area contributed by atoms with Crippen molar-refractivity contribution in [3.8, 4) is 5.75 Å². The van der Waals surface area contributed by atoms with Gasteiger partial charge in [0, 0.05) is 30.8 Å². The number of phenols is 1. The monoisotopic (exact) mass is 473 g/mol. The Morgan fingerprint density at radius 2 is 1.91 bits per heavy atom. The molecule has 2 aliphatic carbocycles. The largest absolute Gasteiger partial charge is 0.508 e. The van der Waals surface area contributed by atoms with Crippen molar-refractivity contribution >= 4 is 0 Å². The summed E-state index contributed by atoms with van der Waals surface area (Å²) in [5.74, 6) is 1.24. The van der Waals surface area contributed by atoms with Crippen LogP contribution in [0, 0.1) is 5.92 Å². The van der Waals surface area contributed by atoms with Gasteiger partial charge in [0.25, 0.3) is 0 Å². The first-order valence-electron chi connectivity index (χ1n) is 13.9. The lowest BCUT2D eigenvalue weighted by atomic mass is 9.53. The lowest BCUT2D eigenvalue weighted by molar-refractivity contribution is -0.214. The van der Waals surface area contributed by atoms with Crippen molar-refractivity contribution < 1.29 is 14.9 Å². The number of aliphatic hydroxyl groups is 1. The van der Waals surface area contributed by atoms with E-state index in [9.17, 15) is 10.2 Å². The number of nitrogens with zero attached hydrogens (tertiary/aromatic N) is 1. The molecule has 1 saturated carbocycles. The number of phenolic OH excluding ortho intramolecular Hbond substituents is 1. The van der Waals surface area contributed by atoms with Gasteiger partial charge in [-0.3, -0.25) is 4.90 Å². The van der Waals surface area contributed by atoms with Crippen LogP contribution in [0.1, 0.15) is 75.0 Å². The molecule has 0 amide bonds. The highest BCUT2D eigenvalue weighted by atomic mass is 16.5. The summed E-state index contributed by atoms with van der Waals surface area (Å²) in [6.07, 6.45) is 10.4. The third-order valence-corrected chi connectivity index (χ3v) is 10.2. The van der Waals surface area contributed by atoms with E-state index in [0.717, 1.165) is 51.0 Å². The van der Waals surface area contributed by atoms with Gasteiger partial charge < -0.3 is 14.9 Å². The molecule has 5 atom stereocenters. The second-order valence-electron chi connectivity index (χ2n) is 12.9. The van der Waals surface area contributed by atoms with Crippen LogP contribution in [0.5, 0.6) is 5.75 Å². The SMILES string of the molecule is CC(O)(Cc1ccccc1)C[C@]12CCC[C@@]3(O1)[C@H]1Cc4ccc(O)cc4[C@@]3(CCN1CC1CC1)C2. The van der Waals surface area contributed by atoms with Crippen LogP contribution < -0.4 is 0 Å². The van der Waals surface area contributed by atoms with Crippen LogP contribution >= 0.6 is 0 Å². The summed E-state index contributed by atoms with van der Waals surface area (Å²) >= 11 is 0. The number of fused-ring (bicyclic) bond motifs is 2. The van der Waals surface area contributed by atoms with Gasteiger partial charge in [0.05, 0.1) is 16.8 Å². The van der Waals surface area contributed by atoms with Crippen LogP contribution in [0.25, 0.3) is 0 Å². The molecule has 0 radical (unpaired) electrons. The predicted octanol–water partition coefficient (Wildman–Crippen LogP) is 5.14. The quantitative estimate of drug-likeness (QED) is 0.610. The van der Waals surface area contributed by atoms with E-state index in [1.165, 1.54) is 36.1 Å². The highest BCUT2D eigenvalue weighted by molar-refractivity contribution is 5.50. The van der Waals surface area contributed by atoms with Gasteiger partial charge in [0.2, 0.25) is 0 Å². The van der Waals surface area contributed by atoms with Gasteiger partial charge in [-0.2, -0.15) is 0 Å². The average molecular weight is 474 g/mol. The number of rotatable bonds is 6. The van der Waals surface area contributed by atoms with Crippen LogP contribution in [-0.4, -0.2) is 51.0 Å². The van der Waals surface area contributed by atoms with Gasteiger partial charge >= 0.3 is 0 Å². The lowest BCUT2D eigenvalue weighted by Crippen LogP contribution is -2.70. The fraction of sp³-hybridized carbons (Fsp3) is 0.613. The van der Waals surface area contributed by atoms with Crippen molar-refractivity contribution in [2.45, 2.75) is 99.4 Å². The van der Waals surface area contributed by atoms with E-state index in [0.29, 0.717) is 24.6 Å². The second kappa shape index (κ2) is 7.57. The standard InChI is InChI=1S/C31H39NO3/c1-28(34,18-22-6-3-2-4-7-22)20-29-12-5-13-31(35-29)27-16-24-10-11-25(33)17-26(24)30(31,21-29)14-15-32(27)19-23-8-9-23/h2-4,6-7,10-11,17,23,27,33-34H,5,8-9,12-16,18-21H2,1H3/t27-,28?,29+,30-,31-/m1/s1. The summed E-state index contributed by atoms with van der Waals surface area (Å²) in [5.41, 5.74) is 2.52. The molecular weight excluding hydrogens is 434 g/mol. The van der Waals surface area contributed by atoms with Gasteiger partial charge in [-0.05, 0) is 99.6 Å². The Balaban J connectivity index is 1.29. The van der Waals surface area contributed by atoms with E-state index in [4.69, 9.17) is 4.74 Å². The third kappa shape index (κ3) is 3.43. The number of hydrogen-bond acceptors (Lipinski definition) is 4. The molecule has 2 aromatic rings. The zero-order valence-electron chi connectivity index (χ0n) is 21.0. The van der Waals surface area contributed by atoms with Gasteiger partial charge in [-0.1, -0.05) is 36.4 Å². The molecule has 186 valence electrons. The molecule has 7 rings (SSSR count). The Kier molecular flexibility index (Phi) is 4.83. The zero-order valence-corrected chi connectivity index (χ0v) is 21.0. The van der Waals surface area contributed by atoms with Gasteiger partial charge in [-0.15, -0.1) is 0 Å². The minimum atomic E-state index is -0.826. The molecule has 3 heterocycles. The first-order valence-corrected chi connectivity index (χ1v) is 13.9. The molecule has 4 heteroatoms. The van der Waals surface area contributed by atoms with Crippen molar-refractivity contribution in [3.05, 3.63) is 65.2 Å². The summed E-state index contributed by atoms with van der Waals surface area (Å²) in [4.78, 5) is 2.77. The first kappa shape index (κ1) is 22.3. The zero-order chi connectivity index (χ0) is 23.9. The maximum Gasteiger partial charge on any atom is 0.115 e. The molecule has 4 bridgehead atoms. The number of piperidine rings is 1. The topological polar surface area (TPSA) is 52.9 Å². The van der Waals surface area contributed by atoms with E-state index < -0.39 is 5.60 Å². The maximum atomic E-state index is 11.7. The van der Waals surface area contributed by atoms with Crippen LogP contribution in [0.4, 0.5) is 0 Å². The molecule has 0 aromatic heterocycles. The predicted molar refractivity (Wildman–Crippen MR) is 137 cm³/mol. The number of ether oxygens (including phenoxy) is 1. The van der Waals surface area contributed by atoms with Crippen LogP contribution in [-0.2, 0) is 23.0 Å². The summed E-state index contributed by atoms with van der Waals surface area (Å²) in [7, 11) is 0. The highest BCUT2D eigenvalue weighted by Gasteiger charge is 2.73. The maximum absolute atomic E-state index is 11.7. The van der Waals surface area contributed by atoms with E-state index in [1.54, 1.807) is 0 Å². The van der Waals surface area contributed by atoms with Crippen molar-refractivity contribution in [3.63, 3.8) is 0 Å². The summed E-state index contributed by atoms with van der Waals surface area (Å²) in [6.45, 7) is 4.33. The Morgan fingerprint density at radius 3 is 2.71 bits per heavy atom. The Morgan fingerprint density at radius 1 is 1.09 bits per heavy atom. The number of benzene rings is 2. The minimum absolute atomic E-state index is 0.0661. The van der Waals surface area contributed by atoms with Gasteiger partial charge in [0.15, 0.2) is 0 Å². The van der Waals surface area contributed by atoms with E-state index in [2.05, 4.69) is 41.3 Å². The molecular formula is C31H39NO3. The number of hydrogen-bond donors (Lipinski definition) is 2. The van der Waals surface area contributed by atoms with Crippen LogP contribution in [0.3, 0.4) is 0 Å². The van der Waals surface area contributed by atoms with Crippen molar-refractivity contribution in [1.82, 2.24) is 4.90 Å². The van der Waals surface area contributed by atoms with E-state index >= 15 is 0 Å². The Bertz CT molecular complexity index is 1130. The smallest absolute Gasteiger partial charge is 0.115 e. The molecule has 1 spiro atoms. The molecule has 4 nitrogen and oxygen atoms in total. The molecule has 3 aliphatic heterocycles. The molecule has 2 aromatic carbocycles. The van der Waals surface area contributed by atoms with Crippen molar-refractivity contribution in [2.24, 2.45) is 5.92 Å². The van der Waals surface area contributed by atoms with Crippen LogP contribution in [0.2, 0.25) is 0 Å². The molecule has 2 N–H and O–H groups in total. The van der Waals surface area contributed by atoms with Crippen LogP contribution in [0.15, 0.2) is 48.5 Å². The van der Waals surface area contributed by atoms with Crippen molar-refractivity contribution in [2.75, 3.05) is 13.1 Å². The number of aromatic hydroxyl groups is 1. The fourth-order valence-electron chi connectivity index (χ4n) is 8.94. The van der Waals surface area contributed by atoms with E-state index in [1.807, 2.05) is 19.1 Å². The third-order valence-electron chi connectivity index (χ3n) is 10.2. The number of likely N-dealkylation sites (tertiary alicyclic amines) is 1. The van der Waals surface area contributed by atoms with E-state index in [-0.39, 0.29) is 16.6 Å². The fourth-order valence-corrected chi connectivity index (χ4v) is 8.94. The molecule has 3 saturated heterocycles. The lowest BCUT2D eigenvalue weighted by Gasteiger charge is -2.61. The second-order valence-corrected chi connectivity index (χ2v) is 12.9. The van der Waals surface area contributed by atoms with Gasteiger partial charge in [-0.25, -0.2) is 0 Å². The summed E-state index contributed by atoms with van der Waals surface area (Å²) in [5, 5.41) is 22.2. The normalized spacial score (nSPS) is 37.4. The molecule has 5 aliphatic rings. The van der Waals surface area contributed by atoms with Crippen molar-refractivity contribution in [1.29, 1.82) is 0 Å².